The summed E-state index contributed by atoms with van der Waals surface area (Å²) in [7, 11) is 0. The molecule has 0 spiro atoms. The Balaban J connectivity index is 1.59. The molecule has 2 aromatic heterocycles. The summed E-state index contributed by atoms with van der Waals surface area (Å²) in [4.78, 5) is 9.59. The number of hydrogen-bond acceptors (Lipinski definition) is 4. The SMILES string of the molecule is c1ccc(-c2cnc(NCCn3ccnc3)s2)cc1. The van der Waals surface area contributed by atoms with Gasteiger partial charge in [0, 0.05) is 31.7 Å². The highest BCUT2D eigenvalue weighted by Gasteiger charge is 2.03. The first-order valence-corrected chi connectivity index (χ1v) is 6.94. The molecule has 0 aliphatic carbocycles. The van der Waals surface area contributed by atoms with Gasteiger partial charge in [0.15, 0.2) is 5.13 Å². The van der Waals surface area contributed by atoms with Crippen molar-refractivity contribution < 1.29 is 0 Å². The minimum absolute atomic E-state index is 0.845. The molecule has 3 aromatic rings. The second-order valence-corrected chi connectivity index (χ2v) is 5.15. The van der Waals surface area contributed by atoms with Gasteiger partial charge in [-0.15, -0.1) is 0 Å². The van der Waals surface area contributed by atoms with Crippen LogP contribution in [0.2, 0.25) is 0 Å². The molecule has 0 unspecified atom stereocenters. The molecule has 0 fully saturated rings. The standard InChI is InChI=1S/C14H14N4S/c1-2-4-12(5-3-1)13-10-17-14(19-13)16-7-9-18-8-6-15-11-18/h1-6,8,10-11H,7,9H2,(H,16,17). The second-order valence-electron chi connectivity index (χ2n) is 4.12. The quantitative estimate of drug-likeness (QED) is 0.774. The molecule has 0 amide bonds. The molecule has 5 heteroatoms. The van der Waals surface area contributed by atoms with Crippen LogP contribution in [0.5, 0.6) is 0 Å². The molecule has 1 aromatic carbocycles. The maximum Gasteiger partial charge on any atom is 0.183 e. The average molecular weight is 270 g/mol. The minimum Gasteiger partial charge on any atom is -0.360 e. The Kier molecular flexibility index (Phi) is 3.56. The number of benzene rings is 1. The Morgan fingerprint density at radius 3 is 2.89 bits per heavy atom. The van der Waals surface area contributed by atoms with Crippen LogP contribution >= 0.6 is 11.3 Å². The smallest absolute Gasteiger partial charge is 0.183 e. The number of imidazole rings is 1. The number of aromatic nitrogens is 3. The molecule has 96 valence electrons. The molecule has 0 saturated heterocycles. The Morgan fingerprint density at radius 1 is 1.21 bits per heavy atom. The summed E-state index contributed by atoms with van der Waals surface area (Å²) >= 11 is 1.68. The highest BCUT2D eigenvalue weighted by molar-refractivity contribution is 7.18. The van der Waals surface area contributed by atoms with Gasteiger partial charge < -0.3 is 9.88 Å². The van der Waals surface area contributed by atoms with Gasteiger partial charge in [0.05, 0.1) is 11.2 Å². The van der Waals surface area contributed by atoms with E-state index in [1.54, 1.807) is 17.5 Å². The van der Waals surface area contributed by atoms with E-state index in [2.05, 4.69) is 27.4 Å². The molecule has 0 aliphatic heterocycles. The molecular formula is C14H14N4S. The molecule has 0 radical (unpaired) electrons. The van der Waals surface area contributed by atoms with Gasteiger partial charge in [0.2, 0.25) is 0 Å². The summed E-state index contributed by atoms with van der Waals surface area (Å²) in [5.41, 5.74) is 1.21. The van der Waals surface area contributed by atoms with Gasteiger partial charge >= 0.3 is 0 Å². The fourth-order valence-corrected chi connectivity index (χ4v) is 2.65. The summed E-state index contributed by atoms with van der Waals surface area (Å²) in [6.07, 6.45) is 7.48. The Morgan fingerprint density at radius 2 is 2.11 bits per heavy atom. The van der Waals surface area contributed by atoms with Gasteiger partial charge in [0.25, 0.3) is 0 Å². The third kappa shape index (κ3) is 3.00. The number of nitrogens with zero attached hydrogens (tertiary/aromatic N) is 3. The van der Waals surface area contributed by atoms with Crippen LogP contribution in [0.15, 0.2) is 55.2 Å². The van der Waals surface area contributed by atoms with Crippen LogP contribution in [0, 0.1) is 0 Å². The molecule has 1 N–H and O–H groups in total. The lowest BCUT2D eigenvalue weighted by Crippen LogP contribution is -2.08. The van der Waals surface area contributed by atoms with E-state index in [4.69, 9.17) is 0 Å². The first-order chi connectivity index (χ1) is 9.42. The van der Waals surface area contributed by atoms with Gasteiger partial charge in [-0.05, 0) is 5.56 Å². The lowest BCUT2D eigenvalue weighted by molar-refractivity contribution is 0.726. The Labute approximate surface area is 115 Å². The van der Waals surface area contributed by atoms with Crippen molar-refractivity contribution in [3.8, 4) is 10.4 Å². The lowest BCUT2D eigenvalue weighted by Gasteiger charge is -2.02. The predicted molar refractivity (Wildman–Crippen MR) is 78.3 cm³/mol. The van der Waals surface area contributed by atoms with Crippen LogP contribution in [-0.2, 0) is 6.54 Å². The van der Waals surface area contributed by atoms with Crippen molar-refractivity contribution >= 4 is 16.5 Å². The van der Waals surface area contributed by atoms with Crippen LogP contribution in [0.3, 0.4) is 0 Å². The highest BCUT2D eigenvalue weighted by Crippen LogP contribution is 2.28. The molecule has 0 bridgehead atoms. The molecule has 0 atom stereocenters. The lowest BCUT2D eigenvalue weighted by atomic mass is 10.2. The normalized spacial score (nSPS) is 10.5. The van der Waals surface area contributed by atoms with Crippen molar-refractivity contribution in [3.63, 3.8) is 0 Å². The summed E-state index contributed by atoms with van der Waals surface area (Å²) in [6, 6.07) is 10.3. The number of rotatable bonds is 5. The summed E-state index contributed by atoms with van der Waals surface area (Å²) in [6.45, 7) is 1.73. The molecule has 0 saturated carbocycles. The van der Waals surface area contributed by atoms with E-state index in [0.29, 0.717) is 0 Å². The molecular weight excluding hydrogens is 256 g/mol. The predicted octanol–water partition coefficient (Wildman–Crippen LogP) is 3.12. The molecule has 2 heterocycles. The van der Waals surface area contributed by atoms with Crippen molar-refractivity contribution in [3.05, 3.63) is 55.2 Å². The topological polar surface area (TPSA) is 42.7 Å². The molecule has 3 rings (SSSR count). The zero-order valence-electron chi connectivity index (χ0n) is 10.4. The third-order valence-corrected chi connectivity index (χ3v) is 3.77. The molecule has 0 aliphatic rings. The van der Waals surface area contributed by atoms with Gasteiger partial charge in [0.1, 0.15) is 0 Å². The number of hydrogen-bond donors (Lipinski definition) is 1. The van der Waals surface area contributed by atoms with E-state index in [1.165, 1.54) is 10.4 Å². The van der Waals surface area contributed by atoms with Crippen molar-refractivity contribution in [1.82, 2.24) is 14.5 Å². The Bertz CT molecular complexity index is 616. The van der Waals surface area contributed by atoms with Gasteiger partial charge in [-0.1, -0.05) is 41.7 Å². The average Bonchev–Trinajstić information content (AvgIpc) is 3.11. The van der Waals surface area contributed by atoms with Gasteiger partial charge in [-0.25, -0.2) is 9.97 Å². The fourth-order valence-electron chi connectivity index (χ4n) is 1.80. The summed E-state index contributed by atoms with van der Waals surface area (Å²) < 4.78 is 2.04. The minimum atomic E-state index is 0.845. The monoisotopic (exact) mass is 270 g/mol. The van der Waals surface area contributed by atoms with Crippen LogP contribution in [0.25, 0.3) is 10.4 Å². The van der Waals surface area contributed by atoms with Crippen molar-refractivity contribution in [2.75, 3.05) is 11.9 Å². The van der Waals surface area contributed by atoms with Crippen molar-refractivity contribution in [1.29, 1.82) is 0 Å². The maximum atomic E-state index is 4.39. The van der Waals surface area contributed by atoms with E-state index >= 15 is 0 Å². The first kappa shape index (κ1) is 11.9. The second kappa shape index (κ2) is 5.67. The van der Waals surface area contributed by atoms with Crippen LogP contribution < -0.4 is 5.32 Å². The number of anilines is 1. The summed E-state index contributed by atoms with van der Waals surface area (Å²) in [5, 5.41) is 4.29. The first-order valence-electron chi connectivity index (χ1n) is 6.13. The maximum absolute atomic E-state index is 4.39. The highest BCUT2D eigenvalue weighted by atomic mass is 32.1. The zero-order chi connectivity index (χ0) is 12.9. The van der Waals surface area contributed by atoms with E-state index in [9.17, 15) is 0 Å². The fraction of sp³-hybridized carbons (Fsp3) is 0.143. The van der Waals surface area contributed by atoms with Crippen molar-refractivity contribution in [2.45, 2.75) is 6.54 Å². The van der Waals surface area contributed by atoms with E-state index in [1.807, 2.05) is 41.5 Å². The van der Waals surface area contributed by atoms with Crippen molar-refractivity contribution in [2.24, 2.45) is 0 Å². The Hall–Kier alpha value is -2.14. The van der Waals surface area contributed by atoms with Crippen LogP contribution in [-0.4, -0.2) is 21.1 Å². The molecule has 19 heavy (non-hydrogen) atoms. The third-order valence-electron chi connectivity index (χ3n) is 2.77. The number of thiazole rings is 1. The van der Waals surface area contributed by atoms with Gasteiger partial charge in [-0.2, -0.15) is 0 Å². The van der Waals surface area contributed by atoms with Crippen LogP contribution in [0.4, 0.5) is 5.13 Å². The number of nitrogens with one attached hydrogen (secondary N) is 1. The van der Waals surface area contributed by atoms with E-state index in [-0.39, 0.29) is 0 Å². The zero-order valence-corrected chi connectivity index (χ0v) is 11.2. The van der Waals surface area contributed by atoms with E-state index in [0.717, 1.165) is 18.2 Å². The van der Waals surface area contributed by atoms with Gasteiger partial charge in [-0.3, -0.25) is 0 Å². The molecule has 4 nitrogen and oxygen atoms in total. The van der Waals surface area contributed by atoms with Crippen LogP contribution in [0.1, 0.15) is 0 Å². The largest absolute Gasteiger partial charge is 0.360 e. The summed E-state index contributed by atoms with van der Waals surface area (Å²) in [5.74, 6) is 0. The van der Waals surface area contributed by atoms with E-state index < -0.39 is 0 Å².